The van der Waals surface area contributed by atoms with Crippen LogP contribution in [0.1, 0.15) is 11.4 Å². The first-order valence-electron chi connectivity index (χ1n) is 8.48. The molecule has 1 aromatic carbocycles. The molecule has 1 fully saturated rings. The number of piperazine rings is 1. The van der Waals surface area contributed by atoms with E-state index in [0.717, 1.165) is 4.90 Å². The predicted molar refractivity (Wildman–Crippen MR) is 99.3 cm³/mol. The van der Waals surface area contributed by atoms with Crippen molar-refractivity contribution in [2.24, 2.45) is 0 Å². The van der Waals surface area contributed by atoms with Crippen molar-refractivity contribution in [3.8, 4) is 0 Å². The molecule has 0 unspecified atom stereocenters. The zero-order valence-corrected chi connectivity index (χ0v) is 16.6. The van der Waals surface area contributed by atoms with E-state index in [0.29, 0.717) is 49.3 Å². The minimum Gasteiger partial charge on any atom is -0.314 e. The summed E-state index contributed by atoms with van der Waals surface area (Å²) in [5.74, 6) is 0. The fraction of sp³-hybridized carbons (Fsp3) is 0.438. The van der Waals surface area contributed by atoms with Crippen LogP contribution in [0.5, 0.6) is 0 Å². The highest BCUT2D eigenvalue weighted by atomic mass is 35.5. The number of nitro groups is 1. The summed E-state index contributed by atoms with van der Waals surface area (Å²) >= 11 is 5.83. The highest BCUT2D eigenvalue weighted by Gasteiger charge is 2.31. The van der Waals surface area contributed by atoms with Gasteiger partial charge in [0.1, 0.15) is 11.4 Å². The topological polar surface area (TPSA) is 103 Å². The molecule has 1 saturated heterocycles. The largest absolute Gasteiger partial charge is 0.314 e. The van der Waals surface area contributed by atoms with Crippen LogP contribution in [0.25, 0.3) is 0 Å². The van der Waals surface area contributed by atoms with Gasteiger partial charge in [0.2, 0.25) is 10.0 Å². The third-order valence-corrected chi connectivity index (χ3v) is 6.95. The van der Waals surface area contributed by atoms with Crippen LogP contribution in [-0.4, -0.2) is 53.6 Å². The van der Waals surface area contributed by atoms with Crippen molar-refractivity contribution in [1.82, 2.24) is 14.1 Å². The summed E-state index contributed by atoms with van der Waals surface area (Å²) in [7, 11) is -3.55. The van der Waals surface area contributed by atoms with Crippen LogP contribution in [-0.2, 0) is 16.7 Å². The average molecular weight is 415 g/mol. The second-order valence-electron chi connectivity index (χ2n) is 6.54. The van der Waals surface area contributed by atoms with Crippen molar-refractivity contribution in [1.29, 1.82) is 0 Å². The van der Waals surface area contributed by atoms with E-state index >= 15 is 0 Å². The van der Waals surface area contributed by atoms with E-state index in [1.807, 2.05) is 0 Å². The van der Waals surface area contributed by atoms with Crippen LogP contribution in [0.2, 0.25) is 5.02 Å². The zero-order valence-electron chi connectivity index (χ0n) is 15.1. The maximum absolute atomic E-state index is 12.7. The normalized spacial score (nSPS) is 16.6. The third kappa shape index (κ3) is 3.98. The van der Waals surface area contributed by atoms with Crippen molar-refractivity contribution < 1.29 is 18.2 Å². The predicted octanol–water partition coefficient (Wildman–Crippen LogP) is 0.608. The lowest BCUT2D eigenvalue weighted by Crippen LogP contribution is -3.14. The van der Waals surface area contributed by atoms with Gasteiger partial charge in [-0.15, -0.1) is 0 Å². The van der Waals surface area contributed by atoms with Gasteiger partial charge in [-0.05, 0) is 38.1 Å². The number of nitrogens with zero attached hydrogens (tertiary/aromatic N) is 4. The highest BCUT2D eigenvalue weighted by molar-refractivity contribution is 7.89. The molecule has 0 saturated carbocycles. The Kier molecular flexibility index (Phi) is 5.52. The lowest BCUT2D eigenvalue weighted by molar-refractivity contribution is -0.926. The number of aryl methyl sites for hydroxylation is 1. The quantitative estimate of drug-likeness (QED) is 0.570. The fourth-order valence-corrected chi connectivity index (χ4v) is 4.84. The molecule has 1 N–H and O–H groups in total. The van der Waals surface area contributed by atoms with Gasteiger partial charge >= 0.3 is 5.69 Å². The smallest absolute Gasteiger partial charge is 0.312 e. The molecule has 0 bridgehead atoms. The van der Waals surface area contributed by atoms with Gasteiger partial charge in [0.15, 0.2) is 6.67 Å². The minimum absolute atomic E-state index is 0.0401. The van der Waals surface area contributed by atoms with Crippen molar-refractivity contribution in [2.75, 3.05) is 26.2 Å². The lowest BCUT2D eigenvalue weighted by Gasteiger charge is -2.31. The van der Waals surface area contributed by atoms with Crippen LogP contribution >= 0.6 is 11.6 Å². The number of halogens is 1. The molecule has 146 valence electrons. The summed E-state index contributed by atoms with van der Waals surface area (Å²) < 4.78 is 28.5. The van der Waals surface area contributed by atoms with E-state index in [9.17, 15) is 18.5 Å². The Morgan fingerprint density at radius 2 is 1.81 bits per heavy atom. The molecular formula is C16H21ClN5O4S+. The number of hydrogen-bond donors (Lipinski definition) is 1. The summed E-state index contributed by atoms with van der Waals surface area (Å²) in [5, 5.41) is 15.9. The molecule has 3 rings (SSSR count). The van der Waals surface area contributed by atoms with Gasteiger partial charge in [-0.3, -0.25) is 10.1 Å². The molecule has 0 aliphatic carbocycles. The number of sulfonamides is 1. The molecule has 1 aromatic heterocycles. The van der Waals surface area contributed by atoms with E-state index in [2.05, 4.69) is 5.10 Å². The number of quaternary nitrogens is 1. The summed E-state index contributed by atoms with van der Waals surface area (Å²) in [6.45, 7) is 5.71. The molecule has 2 aromatic rings. The first-order chi connectivity index (χ1) is 12.7. The molecular weight excluding hydrogens is 394 g/mol. The second-order valence-corrected chi connectivity index (χ2v) is 8.92. The number of hydrogen-bond acceptors (Lipinski definition) is 5. The molecule has 9 nitrogen and oxygen atoms in total. The van der Waals surface area contributed by atoms with Crippen LogP contribution in [0.15, 0.2) is 29.2 Å². The average Bonchev–Trinajstić information content (AvgIpc) is 2.89. The molecule has 27 heavy (non-hydrogen) atoms. The number of benzene rings is 1. The molecule has 1 aliphatic heterocycles. The Hall–Kier alpha value is -2.01. The molecule has 11 heteroatoms. The van der Waals surface area contributed by atoms with Gasteiger partial charge in [-0.25, -0.2) is 13.1 Å². The summed E-state index contributed by atoms with van der Waals surface area (Å²) in [4.78, 5) is 12.1. The monoisotopic (exact) mass is 414 g/mol. The van der Waals surface area contributed by atoms with E-state index in [1.165, 1.54) is 16.4 Å². The van der Waals surface area contributed by atoms with Gasteiger partial charge in [0, 0.05) is 5.02 Å². The molecule has 0 radical (unpaired) electrons. The SMILES string of the molecule is Cc1nn(C[NH+]2CCN(S(=O)(=O)c3ccc(Cl)cc3)CC2)c(C)c1[N+](=O)[O-]. The number of aromatic nitrogens is 2. The second kappa shape index (κ2) is 7.55. The Bertz CT molecular complexity index is 950. The molecule has 1 aliphatic rings. The third-order valence-electron chi connectivity index (χ3n) is 4.78. The Labute approximate surface area is 162 Å². The molecule has 2 heterocycles. The molecule has 0 spiro atoms. The Morgan fingerprint density at radius 3 is 2.33 bits per heavy atom. The van der Waals surface area contributed by atoms with Gasteiger partial charge in [-0.2, -0.15) is 9.40 Å². The maximum Gasteiger partial charge on any atom is 0.312 e. The van der Waals surface area contributed by atoms with Gasteiger partial charge in [0.25, 0.3) is 0 Å². The van der Waals surface area contributed by atoms with Crippen molar-refractivity contribution in [3.05, 3.63) is 50.8 Å². The van der Waals surface area contributed by atoms with Crippen molar-refractivity contribution in [2.45, 2.75) is 25.4 Å². The van der Waals surface area contributed by atoms with E-state index in [4.69, 9.17) is 11.6 Å². The van der Waals surface area contributed by atoms with Crippen LogP contribution in [0.4, 0.5) is 5.69 Å². The van der Waals surface area contributed by atoms with Gasteiger partial charge in [0.05, 0.1) is 36.0 Å². The first-order valence-corrected chi connectivity index (χ1v) is 10.3. The fourth-order valence-electron chi connectivity index (χ4n) is 3.27. The van der Waals surface area contributed by atoms with Crippen LogP contribution < -0.4 is 4.90 Å². The number of rotatable bonds is 5. The summed E-state index contributed by atoms with van der Waals surface area (Å²) in [6.07, 6.45) is 0. The molecule has 0 amide bonds. The first kappa shape index (κ1) is 19.7. The molecule has 0 atom stereocenters. The Morgan fingerprint density at radius 1 is 1.22 bits per heavy atom. The Balaban J connectivity index is 1.66. The highest BCUT2D eigenvalue weighted by Crippen LogP contribution is 2.21. The van der Waals surface area contributed by atoms with E-state index in [1.54, 1.807) is 30.7 Å². The van der Waals surface area contributed by atoms with Crippen LogP contribution in [0, 0.1) is 24.0 Å². The van der Waals surface area contributed by atoms with E-state index in [-0.39, 0.29) is 10.6 Å². The minimum atomic E-state index is -3.55. The van der Waals surface area contributed by atoms with Crippen molar-refractivity contribution >= 4 is 27.3 Å². The van der Waals surface area contributed by atoms with Gasteiger partial charge < -0.3 is 4.90 Å². The van der Waals surface area contributed by atoms with Crippen LogP contribution in [0.3, 0.4) is 0 Å². The zero-order chi connectivity index (χ0) is 19.8. The maximum atomic E-state index is 12.7. The summed E-state index contributed by atoms with van der Waals surface area (Å²) in [5.41, 5.74) is 0.945. The summed E-state index contributed by atoms with van der Waals surface area (Å²) in [6, 6.07) is 6.13. The number of nitrogens with one attached hydrogen (secondary N) is 1. The van der Waals surface area contributed by atoms with Crippen molar-refractivity contribution in [3.63, 3.8) is 0 Å². The van der Waals surface area contributed by atoms with Gasteiger partial charge in [-0.1, -0.05) is 11.6 Å². The standard InChI is InChI=1S/C16H20ClN5O4S/c1-12-16(22(23)24)13(2)21(18-12)11-19-7-9-20(10-8-19)27(25,26)15-5-3-14(17)4-6-15/h3-6H,7-11H2,1-2H3/p+1. The van der Waals surface area contributed by atoms with E-state index < -0.39 is 14.9 Å². The lowest BCUT2D eigenvalue weighted by atomic mass is 10.3.